The molecule has 1 rings (SSSR count). The molecule has 5 nitrogen and oxygen atoms in total. The minimum absolute atomic E-state index is 0.141. The van der Waals surface area contributed by atoms with E-state index in [0.717, 1.165) is 49.2 Å². The summed E-state index contributed by atoms with van der Waals surface area (Å²) in [4.78, 5) is 11.4. The quantitative estimate of drug-likeness (QED) is 0.418. The van der Waals surface area contributed by atoms with Crippen LogP contribution in [0, 0.1) is 5.92 Å². The standard InChI is InChI=1S/C20H31NO4/c1-4-5-6-7-8-16(20(22)23)13-17(21)10-9-15-11-18(24-2)14-19(12-15)25-3/h4,11-12,14,16-17H,1,5-10,13,21H2,2-3H3,(H,22,23). The summed E-state index contributed by atoms with van der Waals surface area (Å²) < 4.78 is 10.5. The second-order valence-corrected chi connectivity index (χ2v) is 6.36. The Morgan fingerprint density at radius 1 is 1.20 bits per heavy atom. The first-order valence-electron chi connectivity index (χ1n) is 8.81. The normalized spacial score (nSPS) is 13.1. The molecule has 1 aromatic carbocycles. The van der Waals surface area contributed by atoms with Crippen LogP contribution in [-0.4, -0.2) is 31.3 Å². The molecule has 25 heavy (non-hydrogen) atoms. The molecule has 0 saturated heterocycles. The summed E-state index contributed by atoms with van der Waals surface area (Å²) in [5.41, 5.74) is 7.26. The summed E-state index contributed by atoms with van der Waals surface area (Å²) >= 11 is 0. The van der Waals surface area contributed by atoms with Crippen LogP contribution >= 0.6 is 0 Å². The first kappa shape index (κ1) is 21.0. The number of hydrogen-bond acceptors (Lipinski definition) is 4. The number of methoxy groups -OCH3 is 2. The zero-order valence-corrected chi connectivity index (χ0v) is 15.4. The summed E-state index contributed by atoms with van der Waals surface area (Å²) in [5, 5.41) is 9.39. The highest BCUT2D eigenvalue weighted by Crippen LogP contribution is 2.24. The van der Waals surface area contributed by atoms with Crippen LogP contribution in [0.25, 0.3) is 0 Å². The highest BCUT2D eigenvalue weighted by atomic mass is 16.5. The average molecular weight is 349 g/mol. The number of benzene rings is 1. The minimum Gasteiger partial charge on any atom is -0.497 e. The van der Waals surface area contributed by atoms with E-state index in [1.807, 2.05) is 24.3 Å². The Hall–Kier alpha value is -2.01. The molecule has 0 radical (unpaired) electrons. The van der Waals surface area contributed by atoms with E-state index in [4.69, 9.17) is 15.2 Å². The van der Waals surface area contributed by atoms with Crippen molar-refractivity contribution in [1.82, 2.24) is 0 Å². The van der Waals surface area contributed by atoms with Crippen LogP contribution in [0.15, 0.2) is 30.9 Å². The van der Waals surface area contributed by atoms with Gasteiger partial charge in [0.15, 0.2) is 0 Å². The Bertz CT molecular complexity index is 522. The third kappa shape index (κ3) is 8.07. The van der Waals surface area contributed by atoms with Gasteiger partial charge in [-0.15, -0.1) is 6.58 Å². The first-order chi connectivity index (χ1) is 12.0. The molecule has 0 bridgehead atoms. The molecule has 0 heterocycles. The molecule has 0 amide bonds. The number of ether oxygens (including phenoxy) is 2. The molecule has 0 fully saturated rings. The van der Waals surface area contributed by atoms with Gasteiger partial charge in [-0.05, 0) is 56.2 Å². The van der Waals surface area contributed by atoms with Gasteiger partial charge in [-0.25, -0.2) is 0 Å². The zero-order chi connectivity index (χ0) is 18.7. The number of unbranched alkanes of at least 4 members (excludes halogenated alkanes) is 2. The maximum atomic E-state index is 11.4. The van der Waals surface area contributed by atoms with E-state index in [2.05, 4.69) is 6.58 Å². The van der Waals surface area contributed by atoms with Crippen molar-refractivity contribution < 1.29 is 19.4 Å². The number of carbonyl (C=O) groups is 1. The van der Waals surface area contributed by atoms with Crippen LogP contribution in [0.1, 0.15) is 44.1 Å². The van der Waals surface area contributed by atoms with Gasteiger partial charge in [0.25, 0.3) is 0 Å². The van der Waals surface area contributed by atoms with Gasteiger partial charge in [0.05, 0.1) is 20.1 Å². The van der Waals surface area contributed by atoms with Gasteiger partial charge in [0.2, 0.25) is 0 Å². The van der Waals surface area contributed by atoms with Gasteiger partial charge in [-0.1, -0.05) is 12.5 Å². The largest absolute Gasteiger partial charge is 0.497 e. The lowest BCUT2D eigenvalue weighted by molar-refractivity contribution is -0.142. The fourth-order valence-electron chi connectivity index (χ4n) is 2.87. The number of carboxylic acids is 1. The average Bonchev–Trinajstić information content (AvgIpc) is 2.61. The molecule has 0 aliphatic heterocycles. The SMILES string of the molecule is C=CCCCCC(CC(N)CCc1cc(OC)cc(OC)c1)C(=O)O. The topological polar surface area (TPSA) is 81.8 Å². The van der Waals surface area contributed by atoms with Crippen LogP contribution < -0.4 is 15.2 Å². The first-order valence-corrected chi connectivity index (χ1v) is 8.81. The van der Waals surface area contributed by atoms with Gasteiger partial charge in [-0.3, -0.25) is 4.79 Å². The van der Waals surface area contributed by atoms with E-state index in [0.29, 0.717) is 12.8 Å². The number of aliphatic carboxylic acids is 1. The van der Waals surface area contributed by atoms with Gasteiger partial charge in [-0.2, -0.15) is 0 Å². The van der Waals surface area contributed by atoms with E-state index >= 15 is 0 Å². The van der Waals surface area contributed by atoms with E-state index in [1.54, 1.807) is 14.2 Å². The van der Waals surface area contributed by atoms with Crippen molar-refractivity contribution in [1.29, 1.82) is 0 Å². The van der Waals surface area contributed by atoms with Crippen LogP contribution in [0.2, 0.25) is 0 Å². The Balaban J connectivity index is 2.52. The lowest BCUT2D eigenvalue weighted by Gasteiger charge is -2.18. The van der Waals surface area contributed by atoms with Crippen molar-refractivity contribution >= 4 is 5.97 Å². The molecule has 0 saturated carbocycles. The number of rotatable bonds is 13. The molecule has 0 aromatic heterocycles. The summed E-state index contributed by atoms with van der Waals surface area (Å²) in [7, 11) is 3.24. The van der Waals surface area contributed by atoms with Crippen molar-refractivity contribution in [3.63, 3.8) is 0 Å². The molecular formula is C20H31NO4. The van der Waals surface area contributed by atoms with Gasteiger partial charge in [0.1, 0.15) is 11.5 Å². The van der Waals surface area contributed by atoms with Crippen LogP contribution in [0.3, 0.4) is 0 Å². The number of nitrogens with two attached hydrogens (primary N) is 1. The van der Waals surface area contributed by atoms with Crippen molar-refractivity contribution in [3.8, 4) is 11.5 Å². The predicted octanol–water partition coefficient (Wildman–Crippen LogP) is 3.80. The molecular weight excluding hydrogens is 318 g/mol. The highest BCUT2D eigenvalue weighted by molar-refractivity contribution is 5.69. The second-order valence-electron chi connectivity index (χ2n) is 6.36. The number of aryl methyl sites for hydroxylation is 1. The van der Waals surface area contributed by atoms with E-state index < -0.39 is 5.97 Å². The molecule has 0 spiro atoms. The summed E-state index contributed by atoms with van der Waals surface area (Å²) in [6, 6.07) is 5.60. The number of hydrogen-bond donors (Lipinski definition) is 2. The Morgan fingerprint density at radius 2 is 1.84 bits per heavy atom. The van der Waals surface area contributed by atoms with Crippen molar-refractivity contribution in [2.24, 2.45) is 11.7 Å². The molecule has 5 heteroatoms. The lowest BCUT2D eigenvalue weighted by Crippen LogP contribution is -2.28. The second kappa shape index (κ2) is 11.5. The molecule has 0 aliphatic carbocycles. The van der Waals surface area contributed by atoms with Crippen LogP contribution in [0.5, 0.6) is 11.5 Å². The predicted molar refractivity (Wildman–Crippen MR) is 100 cm³/mol. The van der Waals surface area contributed by atoms with Crippen molar-refractivity contribution in [2.45, 2.75) is 51.0 Å². The van der Waals surface area contributed by atoms with Crippen LogP contribution in [-0.2, 0) is 11.2 Å². The molecule has 140 valence electrons. The number of carboxylic acid groups (broad SMARTS) is 1. The molecule has 1 aromatic rings. The minimum atomic E-state index is -0.753. The van der Waals surface area contributed by atoms with Gasteiger partial charge < -0.3 is 20.3 Å². The molecule has 0 aliphatic rings. The zero-order valence-electron chi connectivity index (χ0n) is 15.4. The monoisotopic (exact) mass is 349 g/mol. The smallest absolute Gasteiger partial charge is 0.306 e. The third-order valence-electron chi connectivity index (χ3n) is 4.36. The highest BCUT2D eigenvalue weighted by Gasteiger charge is 2.20. The van der Waals surface area contributed by atoms with E-state index in [-0.39, 0.29) is 12.0 Å². The maximum absolute atomic E-state index is 11.4. The summed E-state index contributed by atoms with van der Waals surface area (Å²) in [6.45, 7) is 3.68. The Morgan fingerprint density at radius 3 is 2.36 bits per heavy atom. The van der Waals surface area contributed by atoms with Gasteiger partial charge >= 0.3 is 5.97 Å². The number of allylic oxidation sites excluding steroid dienone is 1. The molecule has 2 unspecified atom stereocenters. The van der Waals surface area contributed by atoms with Crippen LogP contribution in [0.4, 0.5) is 0 Å². The fourth-order valence-corrected chi connectivity index (χ4v) is 2.87. The fraction of sp³-hybridized carbons (Fsp3) is 0.550. The Kier molecular flexibility index (Phi) is 9.70. The third-order valence-corrected chi connectivity index (χ3v) is 4.36. The Labute approximate surface area is 150 Å². The summed E-state index contributed by atoms with van der Waals surface area (Å²) in [5.74, 6) is 0.360. The van der Waals surface area contributed by atoms with E-state index in [1.165, 1.54) is 0 Å². The lowest BCUT2D eigenvalue weighted by atomic mass is 9.91. The maximum Gasteiger partial charge on any atom is 0.306 e. The van der Waals surface area contributed by atoms with Crippen molar-refractivity contribution in [3.05, 3.63) is 36.4 Å². The summed E-state index contributed by atoms with van der Waals surface area (Å²) in [6.07, 6.45) is 7.33. The molecule has 2 atom stereocenters. The molecule has 3 N–H and O–H groups in total. The van der Waals surface area contributed by atoms with E-state index in [9.17, 15) is 9.90 Å². The van der Waals surface area contributed by atoms with Crippen molar-refractivity contribution in [2.75, 3.05) is 14.2 Å². The van der Waals surface area contributed by atoms with Gasteiger partial charge in [0, 0.05) is 12.1 Å².